The molecule has 2 aromatic carbocycles. The summed E-state index contributed by atoms with van der Waals surface area (Å²) in [7, 11) is 0. The Kier molecular flexibility index (Phi) is 4.93. The van der Waals surface area contributed by atoms with Crippen molar-refractivity contribution in [3.63, 3.8) is 0 Å². The SMILES string of the molecule is NC(=O)CCn1c(SCc2cccc3ccccc23)nnc1-c1ccco1. The number of primary amides is 1. The molecule has 0 fully saturated rings. The van der Waals surface area contributed by atoms with Crippen LogP contribution >= 0.6 is 11.8 Å². The van der Waals surface area contributed by atoms with Gasteiger partial charge in [0, 0.05) is 18.7 Å². The van der Waals surface area contributed by atoms with Gasteiger partial charge >= 0.3 is 0 Å². The zero-order valence-corrected chi connectivity index (χ0v) is 15.4. The Morgan fingerprint density at radius 3 is 2.74 bits per heavy atom. The molecule has 4 rings (SSSR count). The number of hydrogen-bond acceptors (Lipinski definition) is 5. The average Bonchev–Trinajstić information content (AvgIpc) is 3.34. The smallest absolute Gasteiger partial charge is 0.219 e. The highest BCUT2D eigenvalue weighted by Crippen LogP contribution is 2.29. The van der Waals surface area contributed by atoms with Crippen molar-refractivity contribution in [1.82, 2.24) is 14.8 Å². The summed E-state index contributed by atoms with van der Waals surface area (Å²) in [6, 6.07) is 18.2. The van der Waals surface area contributed by atoms with E-state index in [9.17, 15) is 4.79 Å². The lowest BCUT2D eigenvalue weighted by Crippen LogP contribution is -2.15. The largest absolute Gasteiger partial charge is 0.461 e. The lowest BCUT2D eigenvalue weighted by atomic mass is 10.1. The molecule has 0 bridgehead atoms. The summed E-state index contributed by atoms with van der Waals surface area (Å²) in [6.45, 7) is 0.413. The predicted octanol–water partition coefficient (Wildman–Crippen LogP) is 3.86. The number of carbonyl (C=O) groups is 1. The highest BCUT2D eigenvalue weighted by Gasteiger charge is 2.17. The van der Waals surface area contributed by atoms with Crippen molar-refractivity contribution in [3.8, 4) is 11.6 Å². The number of furan rings is 1. The maximum absolute atomic E-state index is 11.3. The number of nitrogens with zero attached hydrogens (tertiary/aromatic N) is 3. The standard InChI is InChI=1S/C20H18N4O2S/c21-18(25)10-11-24-19(17-9-4-12-26-17)22-23-20(24)27-13-15-7-3-6-14-5-1-2-8-16(14)15/h1-9,12H,10-11,13H2,(H2,21,25). The van der Waals surface area contributed by atoms with E-state index in [4.69, 9.17) is 10.2 Å². The number of aromatic nitrogens is 3. The van der Waals surface area contributed by atoms with Crippen molar-refractivity contribution in [2.24, 2.45) is 5.73 Å². The van der Waals surface area contributed by atoms with E-state index in [2.05, 4.69) is 40.5 Å². The molecule has 0 aliphatic heterocycles. The van der Waals surface area contributed by atoms with E-state index in [-0.39, 0.29) is 12.3 Å². The Morgan fingerprint density at radius 2 is 1.93 bits per heavy atom. The summed E-state index contributed by atoms with van der Waals surface area (Å²) in [5.74, 6) is 1.60. The van der Waals surface area contributed by atoms with Gasteiger partial charge in [-0.2, -0.15) is 0 Å². The molecule has 0 saturated heterocycles. The lowest BCUT2D eigenvalue weighted by molar-refractivity contribution is -0.118. The number of benzene rings is 2. The molecule has 27 heavy (non-hydrogen) atoms. The minimum absolute atomic E-state index is 0.216. The van der Waals surface area contributed by atoms with Gasteiger partial charge in [-0.25, -0.2) is 0 Å². The lowest BCUT2D eigenvalue weighted by Gasteiger charge is -2.09. The molecule has 7 heteroatoms. The molecular formula is C20H18N4O2S. The van der Waals surface area contributed by atoms with Gasteiger partial charge in [-0.15, -0.1) is 10.2 Å². The Hall–Kier alpha value is -3.06. The van der Waals surface area contributed by atoms with Crippen LogP contribution in [0.5, 0.6) is 0 Å². The Balaban J connectivity index is 1.62. The molecule has 136 valence electrons. The normalized spacial score (nSPS) is 11.1. The van der Waals surface area contributed by atoms with Gasteiger partial charge < -0.3 is 10.2 Å². The van der Waals surface area contributed by atoms with E-state index in [1.807, 2.05) is 22.8 Å². The molecule has 0 unspecified atom stereocenters. The van der Waals surface area contributed by atoms with Crippen LogP contribution in [0.25, 0.3) is 22.4 Å². The van der Waals surface area contributed by atoms with Crippen LogP contribution < -0.4 is 5.73 Å². The number of thioether (sulfide) groups is 1. The Bertz CT molecular complexity index is 1070. The van der Waals surface area contributed by atoms with Crippen LogP contribution in [-0.2, 0) is 17.1 Å². The Morgan fingerprint density at radius 1 is 1.07 bits per heavy atom. The van der Waals surface area contributed by atoms with E-state index >= 15 is 0 Å². The Labute approximate surface area is 160 Å². The van der Waals surface area contributed by atoms with Gasteiger partial charge in [-0.3, -0.25) is 9.36 Å². The number of fused-ring (bicyclic) bond motifs is 1. The first-order valence-electron chi connectivity index (χ1n) is 8.57. The first-order valence-corrected chi connectivity index (χ1v) is 9.56. The van der Waals surface area contributed by atoms with Crippen LogP contribution in [0.4, 0.5) is 0 Å². The highest BCUT2D eigenvalue weighted by atomic mass is 32.2. The molecule has 1 amide bonds. The first kappa shape index (κ1) is 17.4. The molecule has 0 spiro atoms. The third-order valence-electron chi connectivity index (χ3n) is 4.28. The molecule has 0 saturated carbocycles. The molecule has 0 radical (unpaired) electrons. The van der Waals surface area contributed by atoms with Gasteiger partial charge in [-0.05, 0) is 28.5 Å². The maximum Gasteiger partial charge on any atom is 0.219 e. The average molecular weight is 378 g/mol. The van der Waals surface area contributed by atoms with Gasteiger partial charge in [0.05, 0.1) is 6.26 Å². The maximum atomic E-state index is 11.3. The molecule has 2 aromatic heterocycles. The second-order valence-electron chi connectivity index (χ2n) is 6.08. The third-order valence-corrected chi connectivity index (χ3v) is 5.29. The van der Waals surface area contributed by atoms with Gasteiger partial charge in [-0.1, -0.05) is 54.2 Å². The highest BCUT2D eigenvalue weighted by molar-refractivity contribution is 7.98. The van der Waals surface area contributed by atoms with E-state index in [1.165, 1.54) is 16.3 Å². The van der Waals surface area contributed by atoms with Gasteiger partial charge in [0.15, 0.2) is 16.7 Å². The minimum Gasteiger partial charge on any atom is -0.461 e. The second-order valence-corrected chi connectivity index (χ2v) is 7.02. The fourth-order valence-electron chi connectivity index (χ4n) is 2.97. The molecule has 2 N–H and O–H groups in total. The fourth-order valence-corrected chi connectivity index (χ4v) is 3.94. The van der Waals surface area contributed by atoms with Gasteiger partial charge in [0.25, 0.3) is 0 Å². The number of rotatable bonds is 7. The first-order chi connectivity index (χ1) is 13.2. The quantitative estimate of drug-likeness (QED) is 0.494. The third kappa shape index (κ3) is 3.73. The summed E-state index contributed by atoms with van der Waals surface area (Å²) >= 11 is 1.58. The van der Waals surface area contributed by atoms with Crippen LogP contribution in [0.2, 0.25) is 0 Å². The summed E-state index contributed by atoms with van der Waals surface area (Å²) in [5.41, 5.74) is 6.56. The molecule has 6 nitrogen and oxygen atoms in total. The molecule has 0 atom stereocenters. The van der Waals surface area contributed by atoms with Crippen LogP contribution in [-0.4, -0.2) is 20.7 Å². The van der Waals surface area contributed by atoms with E-state index < -0.39 is 0 Å². The molecule has 2 heterocycles. The van der Waals surface area contributed by atoms with Crippen LogP contribution in [0.15, 0.2) is 70.4 Å². The van der Waals surface area contributed by atoms with E-state index in [1.54, 1.807) is 24.1 Å². The van der Waals surface area contributed by atoms with Crippen molar-refractivity contribution in [2.75, 3.05) is 0 Å². The monoisotopic (exact) mass is 378 g/mol. The van der Waals surface area contributed by atoms with E-state index in [0.29, 0.717) is 18.1 Å². The molecule has 0 aliphatic carbocycles. The van der Waals surface area contributed by atoms with Gasteiger partial charge in [0.1, 0.15) is 0 Å². The topological polar surface area (TPSA) is 86.9 Å². The molecule has 0 aliphatic rings. The summed E-state index contributed by atoms with van der Waals surface area (Å²) in [5, 5.41) is 11.7. The summed E-state index contributed by atoms with van der Waals surface area (Å²) in [6.07, 6.45) is 1.80. The van der Waals surface area contributed by atoms with E-state index in [0.717, 1.165) is 10.9 Å². The number of nitrogens with two attached hydrogens (primary N) is 1. The molecule has 4 aromatic rings. The van der Waals surface area contributed by atoms with Gasteiger partial charge in [0.2, 0.25) is 5.91 Å². The fraction of sp³-hybridized carbons (Fsp3) is 0.150. The zero-order chi connectivity index (χ0) is 18.6. The van der Waals surface area contributed by atoms with Crippen molar-refractivity contribution < 1.29 is 9.21 Å². The number of hydrogen-bond donors (Lipinski definition) is 1. The number of carbonyl (C=O) groups excluding carboxylic acids is 1. The van der Waals surface area contributed by atoms with Crippen LogP contribution in [0, 0.1) is 0 Å². The van der Waals surface area contributed by atoms with Crippen LogP contribution in [0.1, 0.15) is 12.0 Å². The van der Waals surface area contributed by atoms with Crippen molar-refractivity contribution >= 4 is 28.4 Å². The van der Waals surface area contributed by atoms with Crippen LogP contribution in [0.3, 0.4) is 0 Å². The zero-order valence-electron chi connectivity index (χ0n) is 14.5. The van der Waals surface area contributed by atoms with Crippen molar-refractivity contribution in [3.05, 3.63) is 66.4 Å². The second kappa shape index (κ2) is 7.67. The number of amides is 1. The van der Waals surface area contributed by atoms with Crippen molar-refractivity contribution in [1.29, 1.82) is 0 Å². The summed E-state index contributed by atoms with van der Waals surface area (Å²) < 4.78 is 7.34. The minimum atomic E-state index is -0.362. The molecular weight excluding hydrogens is 360 g/mol. The predicted molar refractivity (Wildman–Crippen MR) is 105 cm³/mol. The van der Waals surface area contributed by atoms with Crippen molar-refractivity contribution in [2.45, 2.75) is 23.9 Å². The summed E-state index contributed by atoms with van der Waals surface area (Å²) in [4.78, 5) is 11.3.